The second kappa shape index (κ2) is 11.3. The average Bonchev–Trinajstić information content (AvgIpc) is 2.77. The van der Waals surface area contributed by atoms with Crippen LogP contribution in [0.2, 0.25) is 0 Å². The molecule has 3 fully saturated rings. The van der Waals surface area contributed by atoms with Crippen molar-refractivity contribution in [2.24, 2.45) is 35.5 Å². The molecule has 0 aliphatic heterocycles. The minimum absolute atomic E-state index is 0.0188. The highest BCUT2D eigenvalue weighted by molar-refractivity contribution is 5.81. The summed E-state index contributed by atoms with van der Waals surface area (Å²) in [6, 6.07) is 0.0558. The molecule has 3 rings (SSSR count). The fourth-order valence-corrected chi connectivity index (χ4v) is 6.29. The number of aliphatic carboxylic acids is 1. The van der Waals surface area contributed by atoms with Crippen molar-refractivity contribution in [1.82, 2.24) is 10.6 Å². The summed E-state index contributed by atoms with van der Waals surface area (Å²) in [6.07, 6.45) is 11.2. The first kappa shape index (κ1) is 24.1. The maximum atomic E-state index is 13.3. The highest BCUT2D eigenvalue weighted by Gasteiger charge is 2.43. The zero-order chi connectivity index (χ0) is 22.4. The van der Waals surface area contributed by atoms with Crippen LogP contribution in [-0.4, -0.2) is 35.5 Å². The second-order valence-electron chi connectivity index (χ2n) is 10.7. The van der Waals surface area contributed by atoms with E-state index in [2.05, 4.69) is 24.5 Å². The van der Waals surface area contributed by atoms with Crippen molar-refractivity contribution in [3.05, 3.63) is 0 Å². The number of rotatable bonds is 7. The molecule has 3 N–H and O–H groups in total. The van der Waals surface area contributed by atoms with Crippen LogP contribution in [0.5, 0.6) is 0 Å². The third kappa shape index (κ3) is 6.45. The van der Waals surface area contributed by atoms with E-state index in [1.54, 1.807) is 0 Å². The topological polar surface area (TPSA) is 95.5 Å². The monoisotopic (exact) mass is 434 g/mol. The zero-order valence-corrected chi connectivity index (χ0v) is 19.4. The van der Waals surface area contributed by atoms with Gasteiger partial charge in [0.25, 0.3) is 0 Å². The van der Waals surface area contributed by atoms with Crippen LogP contribution in [0.4, 0.5) is 0 Å². The Morgan fingerprint density at radius 3 is 2.06 bits per heavy atom. The van der Waals surface area contributed by atoms with Gasteiger partial charge in [0.05, 0.1) is 5.92 Å². The molecule has 0 spiro atoms. The van der Waals surface area contributed by atoms with E-state index in [1.807, 2.05) is 0 Å². The minimum atomic E-state index is -0.683. The van der Waals surface area contributed by atoms with Crippen molar-refractivity contribution in [1.29, 1.82) is 0 Å². The molecule has 3 aliphatic rings. The number of hydrogen-bond acceptors (Lipinski definition) is 3. The van der Waals surface area contributed by atoms with Gasteiger partial charge in [-0.3, -0.25) is 14.4 Å². The number of carbonyl (C=O) groups excluding carboxylic acids is 2. The Bertz CT molecular complexity index is 635. The van der Waals surface area contributed by atoms with Gasteiger partial charge in [0.1, 0.15) is 0 Å². The Morgan fingerprint density at radius 2 is 1.42 bits per heavy atom. The van der Waals surface area contributed by atoms with Crippen LogP contribution in [0.3, 0.4) is 0 Å². The first-order valence-corrected chi connectivity index (χ1v) is 12.7. The van der Waals surface area contributed by atoms with Gasteiger partial charge in [0.15, 0.2) is 0 Å². The SMILES string of the molecule is CC(C)CNC(=O)C1CCCC(NC(=O)C2CCCCC2C2CCCCC2C(=O)O)C1. The average molecular weight is 435 g/mol. The molecule has 0 aromatic carbocycles. The normalized spacial score (nSPS) is 34.2. The van der Waals surface area contributed by atoms with Gasteiger partial charge < -0.3 is 15.7 Å². The maximum absolute atomic E-state index is 13.3. The second-order valence-corrected chi connectivity index (χ2v) is 10.7. The van der Waals surface area contributed by atoms with Crippen molar-refractivity contribution < 1.29 is 19.5 Å². The number of hydrogen-bond donors (Lipinski definition) is 3. The smallest absolute Gasteiger partial charge is 0.306 e. The summed E-state index contributed by atoms with van der Waals surface area (Å²) in [5.41, 5.74) is 0. The number of carboxylic acid groups (broad SMARTS) is 1. The molecule has 6 nitrogen and oxygen atoms in total. The lowest BCUT2D eigenvalue weighted by Crippen LogP contribution is -2.48. The zero-order valence-electron chi connectivity index (χ0n) is 19.4. The summed E-state index contributed by atoms with van der Waals surface area (Å²) in [4.78, 5) is 37.7. The van der Waals surface area contributed by atoms with Gasteiger partial charge in [-0.25, -0.2) is 0 Å². The molecule has 3 saturated carbocycles. The lowest BCUT2D eigenvalue weighted by atomic mass is 9.63. The number of nitrogens with one attached hydrogen (secondary N) is 2. The van der Waals surface area contributed by atoms with E-state index in [0.717, 1.165) is 70.6 Å². The lowest BCUT2D eigenvalue weighted by Gasteiger charge is -2.41. The quantitative estimate of drug-likeness (QED) is 0.561. The van der Waals surface area contributed by atoms with E-state index in [1.165, 1.54) is 0 Å². The molecular formula is C25H42N2O4. The largest absolute Gasteiger partial charge is 0.481 e. The van der Waals surface area contributed by atoms with Crippen LogP contribution < -0.4 is 10.6 Å². The van der Waals surface area contributed by atoms with E-state index < -0.39 is 5.97 Å². The maximum Gasteiger partial charge on any atom is 0.306 e. The molecule has 0 aromatic heterocycles. The van der Waals surface area contributed by atoms with E-state index in [4.69, 9.17) is 0 Å². The highest BCUT2D eigenvalue weighted by Crippen LogP contribution is 2.44. The van der Waals surface area contributed by atoms with Gasteiger partial charge >= 0.3 is 5.97 Å². The number of carbonyl (C=O) groups is 3. The molecule has 0 aromatic rings. The molecule has 2 amide bonds. The van der Waals surface area contributed by atoms with Gasteiger partial charge in [-0.15, -0.1) is 0 Å². The van der Waals surface area contributed by atoms with Crippen LogP contribution in [0.15, 0.2) is 0 Å². The van der Waals surface area contributed by atoms with E-state index >= 15 is 0 Å². The van der Waals surface area contributed by atoms with Crippen LogP contribution in [0, 0.1) is 35.5 Å². The Balaban J connectivity index is 1.60. The van der Waals surface area contributed by atoms with E-state index in [9.17, 15) is 19.5 Å². The molecule has 0 bridgehead atoms. The Labute approximate surface area is 187 Å². The van der Waals surface area contributed by atoms with Crippen LogP contribution in [0.25, 0.3) is 0 Å². The van der Waals surface area contributed by atoms with Gasteiger partial charge in [-0.2, -0.15) is 0 Å². The fourth-order valence-electron chi connectivity index (χ4n) is 6.29. The van der Waals surface area contributed by atoms with Crippen LogP contribution in [-0.2, 0) is 14.4 Å². The molecule has 6 unspecified atom stereocenters. The Hall–Kier alpha value is -1.59. The third-order valence-electron chi connectivity index (χ3n) is 7.92. The Morgan fingerprint density at radius 1 is 0.806 bits per heavy atom. The highest BCUT2D eigenvalue weighted by atomic mass is 16.4. The molecular weight excluding hydrogens is 392 g/mol. The van der Waals surface area contributed by atoms with Gasteiger partial charge in [-0.05, 0) is 62.7 Å². The van der Waals surface area contributed by atoms with Crippen molar-refractivity contribution in [2.45, 2.75) is 96.9 Å². The molecule has 0 heterocycles. The van der Waals surface area contributed by atoms with Gasteiger partial charge in [-0.1, -0.05) is 46.0 Å². The first-order chi connectivity index (χ1) is 14.9. The van der Waals surface area contributed by atoms with Crippen LogP contribution >= 0.6 is 0 Å². The lowest BCUT2D eigenvalue weighted by molar-refractivity contribution is -0.148. The van der Waals surface area contributed by atoms with E-state index in [0.29, 0.717) is 18.9 Å². The molecule has 0 saturated heterocycles. The minimum Gasteiger partial charge on any atom is -0.481 e. The third-order valence-corrected chi connectivity index (χ3v) is 7.92. The molecule has 6 heteroatoms. The molecule has 0 radical (unpaired) electrons. The summed E-state index contributed by atoms with van der Waals surface area (Å²) in [5.74, 6) is -0.105. The summed E-state index contributed by atoms with van der Waals surface area (Å²) >= 11 is 0. The molecule has 3 aliphatic carbocycles. The van der Waals surface area contributed by atoms with Gasteiger partial charge in [0.2, 0.25) is 11.8 Å². The molecule has 6 atom stereocenters. The van der Waals surface area contributed by atoms with Crippen molar-refractivity contribution in [2.75, 3.05) is 6.54 Å². The summed E-state index contributed by atoms with van der Waals surface area (Å²) in [7, 11) is 0. The van der Waals surface area contributed by atoms with Crippen molar-refractivity contribution >= 4 is 17.8 Å². The summed E-state index contributed by atoms with van der Waals surface area (Å²) in [6.45, 7) is 4.88. The van der Waals surface area contributed by atoms with Crippen molar-refractivity contribution in [3.63, 3.8) is 0 Å². The summed E-state index contributed by atoms with van der Waals surface area (Å²) in [5, 5.41) is 16.1. The van der Waals surface area contributed by atoms with Crippen LogP contribution in [0.1, 0.15) is 90.9 Å². The number of amides is 2. The standard InChI is InChI=1S/C25H42N2O4/c1-16(2)15-26-23(28)17-8-7-9-18(14-17)27-24(29)21-12-5-3-10-19(21)20-11-4-6-13-22(20)25(30)31/h16-22H,3-15H2,1-2H3,(H,26,28)(H,27,29)(H,30,31). The van der Waals surface area contributed by atoms with Crippen molar-refractivity contribution in [3.8, 4) is 0 Å². The van der Waals surface area contributed by atoms with E-state index in [-0.39, 0.29) is 47.4 Å². The first-order valence-electron chi connectivity index (χ1n) is 12.7. The fraction of sp³-hybridized carbons (Fsp3) is 0.880. The van der Waals surface area contributed by atoms with Gasteiger partial charge in [0, 0.05) is 24.4 Å². The predicted octanol–water partition coefficient (Wildman–Crippen LogP) is 4.13. The summed E-state index contributed by atoms with van der Waals surface area (Å²) < 4.78 is 0. The molecule has 31 heavy (non-hydrogen) atoms. The Kier molecular flexibility index (Phi) is 8.79. The molecule has 176 valence electrons. The predicted molar refractivity (Wildman–Crippen MR) is 120 cm³/mol. The number of carboxylic acids is 1.